The lowest BCUT2D eigenvalue weighted by atomic mass is 10.0. The van der Waals surface area contributed by atoms with Gasteiger partial charge in [-0.3, -0.25) is 4.79 Å². The van der Waals surface area contributed by atoms with E-state index in [4.69, 9.17) is 14.2 Å². The molecule has 1 N–H and O–H groups in total. The van der Waals surface area contributed by atoms with Crippen LogP contribution >= 0.6 is 0 Å². The maximum atomic E-state index is 12.8. The first-order chi connectivity index (χ1) is 20.0. The largest absolute Gasteiger partial charge is 0.497 e. The summed E-state index contributed by atoms with van der Waals surface area (Å²) in [5.41, 5.74) is 1.73. The average Bonchev–Trinajstić information content (AvgIpc) is 2.99. The second kappa shape index (κ2) is 20.2. The van der Waals surface area contributed by atoms with Crippen molar-refractivity contribution in [3.63, 3.8) is 0 Å². The molecule has 1 atom stereocenters. The van der Waals surface area contributed by atoms with Gasteiger partial charge in [-0.15, -0.1) is 0 Å². The first-order valence-corrected chi connectivity index (χ1v) is 14.9. The molecule has 0 heterocycles. The zero-order valence-electron chi connectivity index (χ0n) is 24.9. The van der Waals surface area contributed by atoms with E-state index in [9.17, 15) is 14.4 Å². The molecule has 0 radical (unpaired) electrons. The Bertz CT molecular complexity index is 1070. The number of hydrogen-bond acceptors (Lipinski definition) is 6. The summed E-state index contributed by atoms with van der Waals surface area (Å²) >= 11 is 0. The normalized spacial score (nSPS) is 11.9. The summed E-state index contributed by atoms with van der Waals surface area (Å²) in [6.45, 7) is 4.15. The van der Waals surface area contributed by atoms with Crippen molar-refractivity contribution in [1.29, 1.82) is 0 Å². The highest BCUT2D eigenvalue weighted by atomic mass is 16.5. The standard InChI is InChI=1S/C33H46N2O6/c1-4-6-7-8-9-10-11-12-16-19-31(36)34-30(32(37)40-5-2)24-29(27-20-22-28(39-3)23-21-27)35-33(38)41-25-26-17-14-13-15-18-26/h13-15,17-18,20-23,30H,4-12,16,19,24-25H2,1-3H3,(H,34,36)/b35-29-/t30-/m0/s1. The van der Waals surface area contributed by atoms with Crippen molar-refractivity contribution in [3.05, 3.63) is 65.7 Å². The molecule has 0 saturated carbocycles. The SMILES string of the molecule is CCCCCCCCCCCC(=O)N[C@@H](C/C(=N/C(=O)OCc1ccccc1)c1ccc(OC)cc1)C(=O)OCC. The summed E-state index contributed by atoms with van der Waals surface area (Å²) < 4.78 is 15.8. The number of unbranched alkanes of at least 4 members (excludes halogenated alkanes) is 8. The molecule has 0 aromatic heterocycles. The fraction of sp³-hybridized carbons (Fsp3) is 0.515. The van der Waals surface area contributed by atoms with Gasteiger partial charge in [-0.1, -0.05) is 88.6 Å². The highest BCUT2D eigenvalue weighted by Crippen LogP contribution is 2.16. The van der Waals surface area contributed by atoms with Crippen LogP contribution in [0.15, 0.2) is 59.6 Å². The van der Waals surface area contributed by atoms with Crippen molar-refractivity contribution < 1.29 is 28.6 Å². The van der Waals surface area contributed by atoms with Gasteiger partial charge < -0.3 is 19.5 Å². The lowest BCUT2D eigenvalue weighted by Gasteiger charge is -2.19. The summed E-state index contributed by atoms with van der Waals surface area (Å²) in [5.74, 6) is -0.172. The number of hydrogen-bond donors (Lipinski definition) is 1. The number of carbonyl (C=O) groups excluding carboxylic acids is 3. The van der Waals surface area contributed by atoms with Crippen molar-refractivity contribution in [1.82, 2.24) is 5.32 Å². The van der Waals surface area contributed by atoms with Gasteiger partial charge in [0.15, 0.2) is 0 Å². The first-order valence-electron chi connectivity index (χ1n) is 14.9. The molecule has 2 rings (SSSR count). The van der Waals surface area contributed by atoms with E-state index in [1.54, 1.807) is 38.3 Å². The molecule has 8 heteroatoms. The van der Waals surface area contributed by atoms with E-state index in [1.165, 1.54) is 38.5 Å². The summed E-state index contributed by atoms with van der Waals surface area (Å²) in [6, 6.07) is 15.3. The number of carbonyl (C=O) groups is 3. The topological polar surface area (TPSA) is 103 Å². The number of methoxy groups -OCH3 is 1. The number of aliphatic imine (C=N–C) groups is 1. The Morgan fingerprint density at radius 3 is 2.05 bits per heavy atom. The highest BCUT2D eigenvalue weighted by Gasteiger charge is 2.25. The lowest BCUT2D eigenvalue weighted by Crippen LogP contribution is -2.43. The quantitative estimate of drug-likeness (QED) is 0.110. The second-order valence-corrected chi connectivity index (χ2v) is 9.98. The van der Waals surface area contributed by atoms with Crippen LogP contribution in [-0.2, 0) is 25.7 Å². The highest BCUT2D eigenvalue weighted by molar-refractivity contribution is 6.07. The predicted octanol–water partition coefficient (Wildman–Crippen LogP) is 7.18. The summed E-state index contributed by atoms with van der Waals surface area (Å²) in [4.78, 5) is 42.5. The number of amides is 2. The van der Waals surface area contributed by atoms with Crippen molar-refractivity contribution in [3.8, 4) is 5.75 Å². The number of nitrogens with zero attached hydrogens (tertiary/aromatic N) is 1. The van der Waals surface area contributed by atoms with Crippen LogP contribution in [0.1, 0.15) is 95.6 Å². The van der Waals surface area contributed by atoms with Gasteiger partial charge in [0.25, 0.3) is 0 Å². The molecule has 41 heavy (non-hydrogen) atoms. The van der Waals surface area contributed by atoms with Gasteiger partial charge in [0, 0.05) is 12.8 Å². The van der Waals surface area contributed by atoms with Gasteiger partial charge in [0.1, 0.15) is 18.4 Å². The summed E-state index contributed by atoms with van der Waals surface area (Å²) in [6.07, 6.45) is 9.83. The molecule has 0 unspecified atom stereocenters. The predicted molar refractivity (Wildman–Crippen MR) is 161 cm³/mol. The van der Waals surface area contributed by atoms with Gasteiger partial charge in [0.2, 0.25) is 5.91 Å². The fourth-order valence-electron chi connectivity index (χ4n) is 4.37. The van der Waals surface area contributed by atoms with E-state index in [0.717, 1.165) is 24.8 Å². The van der Waals surface area contributed by atoms with Crippen LogP contribution < -0.4 is 10.1 Å². The minimum absolute atomic E-state index is 0.0326. The number of nitrogens with one attached hydrogen (secondary N) is 1. The molecule has 224 valence electrons. The second-order valence-electron chi connectivity index (χ2n) is 9.98. The van der Waals surface area contributed by atoms with Gasteiger partial charge >= 0.3 is 12.1 Å². The number of benzene rings is 2. The minimum atomic E-state index is -0.996. The van der Waals surface area contributed by atoms with E-state index in [2.05, 4.69) is 17.2 Å². The molecule has 0 spiro atoms. The van der Waals surface area contributed by atoms with E-state index < -0.39 is 18.1 Å². The molecule has 2 amide bonds. The Morgan fingerprint density at radius 2 is 1.44 bits per heavy atom. The number of rotatable bonds is 19. The summed E-state index contributed by atoms with van der Waals surface area (Å²) in [7, 11) is 1.56. The molecule has 2 aromatic rings. The molecular weight excluding hydrogens is 520 g/mol. The minimum Gasteiger partial charge on any atom is -0.497 e. The van der Waals surface area contributed by atoms with E-state index in [0.29, 0.717) is 23.4 Å². The van der Waals surface area contributed by atoms with E-state index >= 15 is 0 Å². The maximum absolute atomic E-state index is 12.8. The molecule has 0 aliphatic carbocycles. The Hall–Kier alpha value is -3.68. The zero-order chi connectivity index (χ0) is 29.7. The maximum Gasteiger partial charge on any atom is 0.434 e. The lowest BCUT2D eigenvalue weighted by molar-refractivity contribution is -0.147. The molecular formula is C33H46N2O6. The molecule has 0 fully saturated rings. The Kier molecular flexibility index (Phi) is 16.5. The van der Waals surface area contributed by atoms with Crippen LogP contribution in [0.4, 0.5) is 4.79 Å². The van der Waals surface area contributed by atoms with Crippen LogP contribution in [0.5, 0.6) is 5.75 Å². The zero-order valence-corrected chi connectivity index (χ0v) is 24.9. The molecule has 2 aromatic carbocycles. The van der Waals surface area contributed by atoms with Crippen molar-refractivity contribution >= 4 is 23.7 Å². The Morgan fingerprint density at radius 1 is 0.805 bits per heavy atom. The molecule has 0 aliphatic rings. The fourth-order valence-corrected chi connectivity index (χ4v) is 4.37. The van der Waals surface area contributed by atoms with Crippen LogP contribution in [-0.4, -0.2) is 43.4 Å². The van der Waals surface area contributed by atoms with Crippen LogP contribution in [0.2, 0.25) is 0 Å². The van der Waals surface area contributed by atoms with Crippen molar-refractivity contribution in [2.24, 2.45) is 4.99 Å². The van der Waals surface area contributed by atoms with E-state index in [-0.39, 0.29) is 25.5 Å². The number of ether oxygens (including phenoxy) is 3. The molecule has 0 bridgehead atoms. The van der Waals surface area contributed by atoms with Crippen molar-refractivity contribution in [2.75, 3.05) is 13.7 Å². The van der Waals surface area contributed by atoms with Crippen LogP contribution in [0.3, 0.4) is 0 Å². The van der Waals surface area contributed by atoms with Crippen LogP contribution in [0, 0.1) is 0 Å². The smallest absolute Gasteiger partial charge is 0.434 e. The van der Waals surface area contributed by atoms with Crippen molar-refractivity contribution in [2.45, 2.75) is 97.1 Å². The number of esters is 1. The Balaban J connectivity index is 2.05. The van der Waals surface area contributed by atoms with E-state index in [1.807, 2.05) is 30.3 Å². The van der Waals surface area contributed by atoms with Gasteiger partial charge in [-0.2, -0.15) is 4.99 Å². The van der Waals surface area contributed by atoms with Gasteiger partial charge in [0.05, 0.1) is 19.4 Å². The van der Waals surface area contributed by atoms with Crippen LogP contribution in [0.25, 0.3) is 0 Å². The molecule has 8 nitrogen and oxygen atoms in total. The first kappa shape index (κ1) is 33.5. The third kappa shape index (κ3) is 14.0. The third-order valence-corrected chi connectivity index (χ3v) is 6.67. The van der Waals surface area contributed by atoms with Gasteiger partial charge in [-0.05, 0) is 48.7 Å². The summed E-state index contributed by atoms with van der Waals surface area (Å²) in [5, 5.41) is 2.81. The monoisotopic (exact) mass is 566 g/mol. The average molecular weight is 567 g/mol. The van der Waals surface area contributed by atoms with Gasteiger partial charge in [-0.25, -0.2) is 9.59 Å². The molecule has 0 aliphatic heterocycles. The Labute approximate surface area is 244 Å². The molecule has 0 saturated heterocycles. The third-order valence-electron chi connectivity index (χ3n) is 6.67.